The normalized spacial score (nSPS) is 12.9. The van der Waals surface area contributed by atoms with Crippen molar-refractivity contribution in [3.8, 4) is 67.3 Å². The first kappa shape index (κ1) is 33.2. The number of nitrogens with zero attached hydrogens (tertiary/aromatic N) is 2. The van der Waals surface area contributed by atoms with E-state index in [1.807, 2.05) is 6.07 Å². The zero-order chi connectivity index (χ0) is 38.1. The van der Waals surface area contributed by atoms with Crippen molar-refractivity contribution in [2.45, 2.75) is 19.3 Å². The van der Waals surface area contributed by atoms with E-state index in [1.165, 1.54) is 65.9 Å². The summed E-state index contributed by atoms with van der Waals surface area (Å²) in [5.41, 5.74) is 15.0. The highest BCUT2D eigenvalue weighted by atomic mass is 14.9. The minimum atomic E-state index is -0.0537. The van der Waals surface area contributed by atoms with Crippen LogP contribution in [0.1, 0.15) is 25.0 Å². The van der Waals surface area contributed by atoms with E-state index >= 15 is 0 Å². The molecule has 0 amide bonds. The van der Waals surface area contributed by atoms with Gasteiger partial charge in [-0.3, -0.25) is 0 Å². The molecule has 268 valence electrons. The average molecular weight is 727 g/mol. The highest BCUT2D eigenvalue weighted by molar-refractivity contribution is 6.27. The van der Waals surface area contributed by atoms with Gasteiger partial charge in [0, 0.05) is 27.5 Å². The van der Waals surface area contributed by atoms with Crippen molar-refractivity contribution in [3.05, 3.63) is 205 Å². The van der Waals surface area contributed by atoms with Gasteiger partial charge in [0.25, 0.3) is 0 Å². The Morgan fingerprint density at radius 3 is 1.70 bits per heavy atom. The summed E-state index contributed by atoms with van der Waals surface area (Å²) in [7, 11) is 0. The molecule has 1 heterocycles. The number of benzene rings is 9. The van der Waals surface area contributed by atoms with E-state index in [0.29, 0.717) is 5.82 Å². The zero-order valence-corrected chi connectivity index (χ0v) is 31.9. The monoisotopic (exact) mass is 726 g/mol. The predicted molar refractivity (Wildman–Crippen MR) is 239 cm³/mol. The second-order valence-electron chi connectivity index (χ2n) is 15.7. The molecule has 1 aliphatic carbocycles. The van der Waals surface area contributed by atoms with Crippen LogP contribution in [0.4, 0.5) is 0 Å². The molecule has 0 spiro atoms. The summed E-state index contributed by atoms with van der Waals surface area (Å²) in [4.78, 5) is 10.9. The zero-order valence-electron chi connectivity index (χ0n) is 31.9. The Labute approximate surface area is 332 Å². The predicted octanol–water partition coefficient (Wildman–Crippen LogP) is 14.6. The van der Waals surface area contributed by atoms with E-state index in [1.54, 1.807) is 0 Å². The SMILES string of the molecule is CC1(C)c2ccccc2-c2cc(-c3ccccc3-c3cc(-c4c5ccccc5c(-c5ccccc5)c5ccc6ccccc6c45)nc(-c4ccccc4)n3)ccc21. The van der Waals surface area contributed by atoms with Crippen LogP contribution in [-0.4, -0.2) is 9.97 Å². The summed E-state index contributed by atoms with van der Waals surface area (Å²) in [5.74, 6) is 0.701. The Morgan fingerprint density at radius 2 is 0.930 bits per heavy atom. The van der Waals surface area contributed by atoms with Crippen molar-refractivity contribution in [2.24, 2.45) is 0 Å². The summed E-state index contributed by atoms with van der Waals surface area (Å²) in [6.07, 6.45) is 0. The molecule has 0 atom stereocenters. The number of fused-ring (bicyclic) bond motifs is 7. The minimum absolute atomic E-state index is 0.0537. The van der Waals surface area contributed by atoms with E-state index in [4.69, 9.17) is 9.97 Å². The van der Waals surface area contributed by atoms with E-state index in [9.17, 15) is 0 Å². The molecule has 0 N–H and O–H groups in total. The van der Waals surface area contributed by atoms with E-state index in [2.05, 4.69) is 202 Å². The van der Waals surface area contributed by atoms with Gasteiger partial charge in [-0.1, -0.05) is 196 Å². The molecule has 11 rings (SSSR count). The second kappa shape index (κ2) is 13.0. The van der Waals surface area contributed by atoms with Crippen LogP contribution in [0.2, 0.25) is 0 Å². The van der Waals surface area contributed by atoms with Crippen LogP contribution in [0.5, 0.6) is 0 Å². The molecule has 0 fully saturated rings. The maximum atomic E-state index is 5.49. The lowest BCUT2D eigenvalue weighted by Gasteiger charge is -2.21. The Morgan fingerprint density at radius 1 is 0.351 bits per heavy atom. The molecule has 0 radical (unpaired) electrons. The number of hydrogen-bond donors (Lipinski definition) is 0. The van der Waals surface area contributed by atoms with E-state index in [-0.39, 0.29) is 5.41 Å². The first-order valence-electron chi connectivity index (χ1n) is 19.8. The van der Waals surface area contributed by atoms with Crippen LogP contribution in [0.25, 0.3) is 99.6 Å². The summed E-state index contributed by atoms with van der Waals surface area (Å²) >= 11 is 0. The van der Waals surface area contributed by atoms with Crippen LogP contribution >= 0.6 is 0 Å². The van der Waals surface area contributed by atoms with Gasteiger partial charge in [-0.25, -0.2) is 9.97 Å². The van der Waals surface area contributed by atoms with E-state index in [0.717, 1.165) is 39.0 Å². The lowest BCUT2D eigenvalue weighted by Crippen LogP contribution is -2.14. The molecule has 10 aromatic rings. The van der Waals surface area contributed by atoms with Crippen LogP contribution in [0.3, 0.4) is 0 Å². The third-order valence-corrected chi connectivity index (χ3v) is 12.1. The number of hydrogen-bond acceptors (Lipinski definition) is 2. The van der Waals surface area contributed by atoms with Gasteiger partial charge in [-0.05, 0) is 83.6 Å². The Hall–Kier alpha value is -7.16. The fourth-order valence-corrected chi connectivity index (χ4v) is 9.41. The van der Waals surface area contributed by atoms with Gasteiger partial charge in [-0.15, -0.1) is 0 Å². The molecule has 1 aromatic heterocycles. The topological polar surface area (TPSA) is 25.8 Å². The lowest BCUT2D eigenvalue weighted by atomic mass is 9.82. The smallest absolute Gasteiger partial charge is 0.160 e. The summed E-state index contributed by atoms with van der Waals surface area (Å²) in [6, 6.07) is 70.1. The fraction of sp³-hybridized carbons (Fsp3) is 0.0545. The number of aromatic nitrogens is 2. The van der Waals surface area contributed by atoms with Crippen LogP contribution in [0.15, 0.2) is 194 Å². The second-order valence-corrected chi connectivity index (χ2v) is 15.7. The van der Waals surface area contributed by atoms with Crippen molar-refractivity contribution >= 4 is 32.3 Å². The highest BCUT2D eigenvalue weighted by Gasteiger charge is 2.35. The fourth-order valence-electron chi connectivity index (χ4n) is 9.41. The van der Waals surface area contributed by atoms with Gasteiger partial charge in [0.05, 0.1) is 11.4 Å². The van der Waals surface area contributed by atoms with Crippen molar-refractivity contribution < 1.29 is 0 Å². The van der Waals surface area contributed by atoms with Gasteiger partial charge in [-0.2, -0.15) is 0 Å². The van der Waals surface area contributed by atoms with Crippen LogP contribution in [0, 0.1) is 0 Å². The summed E-state index contributed by atoms with van der Waals surface area (Å²) in [6.45, 7) is 4.67. The molecule has 0 unspecified atom stereocenters. The largest absolute Gasteiger partial charge is 0.228 e. The van der Waals surface area contributed by atoms with Crippen molar-refractivity contribution in [3.63, 3.8) is 0 Å². The molecule has 2 nitrogen and oxygen atoms in total. The molecule has 0 saturated carbocycles. The molecular formula is C55H38N2. The van der Waals surface area contributed by atoms with Gasteiger partial charge in [0.2, 0.25) is 0 Å². The molecule has 0 saturated heterocycles. The molecular weight excluding hydrogens is 689 g/mol. The Balaban J connectivity index is 1.21. The molecule has 9 aromatic carbocycles. The van der Waals surface area contributed by atoms with Crippen molar-refractivity contribution in [1.82, 2.24) is 9.97 Å². The molecule has 1 aliphatic rings. The number of rotatable bonds is 5. The maximum Gasteiger partial charge on any atom is 0.160 e. The van der Waals surface area contributed by atoms with Gasteiger partial charge < -0.3 is 0 Å². The quantitative estimate of drug-likeness (QED) is 0.130. The van der Waals surface area contributed by atoms with Crippen LogP contribution in [-0.2, 0) is 5.41 Å². The standard InChI is InChI=1S/C55H38N2/c1-55(2)47-28-16-15-24-41(47)46-33-38(30-32-48(46)55)39-22-11-12-25-42(39)49-34-50(57-54(56-49)37-20-7-4-8-21-37)53-44-27-14-13-26-43(44)51(36-18-5-3-6-19-36)45-31-29-35-17-9-10-23-40(35)52(45)53/h3-34H,1-2H3. The summed E-state index contributed by atoms with van der Waals surface area (Å²) < 4.78 is 0. The van der Waals surface area contributed by atoms with E-state index < -0.39 is 0 Å². The Kier molecular flexibility index (Phi) is 7.55. The molecule has 0 bridgehead atoms. The summed E-state index contributed by atoms with van der Waals surface area (Å²) in [5, 5.41) is 7.17. The highest BCUT2D eigenvalue weighted by Crippen LogP contribution is 2.51. The van der Waals surface area contributed by atoms with Crippen LogP contribution < -0.4 is 0 Å². The van der Waals surface area contributed by atoms with Crippen molar-refractivity contribution in [2.75, 3.05) is 0 Å². The first-order chi connectivity index (χ1) is 28.0. The third-order valence-electron chi connectivity index (χ3n) is 12.1. The maximum absolute atomic E-state index is 5.49. The molecule has 2 heteroatoms. The lowest BCUT2D eigenvalue weighted by molar-refractivity contribution is 0.660. The van der Waals surface area contributed by atoms with Crippen molar-refractivity contribution in [1.29, 1.82) is 0 Å². The Bertz CT molecular complexity index is 3200. The average Bonchev–Trinajstić information content (AvgIpc) is 3.51. The van der Waals surface area contributed by atoms with Gasteiger partial charge in [0.1, 0.15) is 0 Å². The van der Waals surface area contributed by atoms with Gasteiger partial charge in [0.15, 0.2) is 5.82 Å². The molecule has 57 heavy (non-hydrogen) atoms. The van der Waals surface area contributed by atoms with Gasteiger partial charge >= 0.3 is 0 Å². The minimum Gasteiger partial charge on any atom is -0.228 e. The first-order valence-corrected chi connectivity index (χ1v) is 19.8. The third kappa shape index (κ3) is 5.25. The molecule has 0 aliphatic heterocycles.